The van der Waals surface area contributed by atoms with Gasteiger partial charge in [0.15, 0.2) is 0 Å². The number of hydrogen-bond donors (Lipinski definition) is 1. The van der Waals surface area contributed by atoms with E-state index in [1.165, 1.54) is 32.1 Å². The Bertz CT molecular complexity index is 236. The van der Waals surface area contributed by atoms with Crippen LogP contribution in [0.1, 0.15) is 44.9 Å². The van der Waals surface area contributed by atoms with Gasteiger partial charge in [-0.05, 0) is 32.2 Å². The van der Waals surface area contributed by atoms with E-state index < -0.39 is 0 Å². The predicted octanol–water partition coefficient (Wildman–Crippen LogP) is 2.20. The molecule has 1 aliphatic heterocycles. The molecule has 1 saturated heterocycles. The number of nitrogens with zero attached hydrogens (tertiary/aromatic N) is 1. The van der Waals surface area contributed by atoms with Gasteiger partial charge in [0.05, 0.1) is 5.92 Å². The van der Waals surface area contributed by atoms with Crippen LogP contribution in [-0.2, 0) is 4.79 Å². The van der Waals surface area contributed by atoms with Crippen molar-refractivity contribution in [3.63, 3.8) is 0 Å². The Balaban J connectivity index is 0.00000144. The van der Waals surface area contributed by atoms with Crippen LogP contribution in [0.5, 0.6) is 0 Å². The third kappa shape index (κ3) is 3.85. The first-order chi connectivity index (χ1) is 7.79. The summed E-state index contributed by atoms with van der Waals surface area (Å²) in [4.78, 5) is 14.3. The molecule has 1 saturated carbocycles. The summed E-state index contributed by atoms with van der Waals surface area (Å²) in [5.41, 5.74) is 0. The van der Waals surface area contributed by atoms with Gasteiger partial charge in [0.25, 0.3) is 0 Å². The van der Waals surface area contributed by atoms with E-state index in [2.05, 4.69) is 5.32 Å². The van der Waals surface area contributed by atoms with E-state index in [1.807, 2.05) is 11.9 Å². The van der Waals surface area contributed by atoms with Crippen molar-refractivity contribution in [2.45, 2.75) is 51.0 Å². The molecule has 0 aromatic heterocycles. The highest BCUT2D eigenvalue weighted by Gasteiger charge is 2.28. The van der Waals surface area contributed by atoms with Crippen LogP contribution in [0.15, 0.2) is 0 Å². The molecule has 1 atom stereocenters. The Hall–Kier alpha value is -0.280. The van der Waals surface area contributed by atoms with E-state index >= 15 is 0 Å². The molecule has 1 amide bonds. The quantitative estimate of drug-likeness (QED) is 0.826. The molecule has 0 aromatic rings. The van der Waals surface area contributed by atoms with Crippen molar-refractivity contribution in [1.82, 2.24) is 10.2 Å². The molecule has 0 radical (unpaired) electrons. The second kappa shape index (κ2) is 7.22. The molecule has 0 spiro atoms. The fourth-order valence-electron chi connectivity index (χ4n) is 3.00. The van der Waals surface area contributed by atoms with Crippen LogP contribution in [0.2, 0.25) is 0 Å². The Morgan fingerprint density at radius 3 is 2.41 bits per heavy atom. The molecular weight excluding hydrogens is 236 g/mol. The van der Waals surface area contributed by atoms with Crippen molar-refractivity contribution in [1.29, 1.82) is 0 Å². The van der Waals surface area contributed by atoms with Gasteiger partial charge in [-0.25, -0.2) is 0 Å². The van der Waals surface area contributed by atoms with Crippen molar-refractivity contribution < 1.29 is 4.79 Å². The second-order valence-electron chi connectivity index (χ2n) is 5.28. The lowest BCUT2D eigenvalue weighted by molar-refractivity contribution is -0.137. The van der Waals surface area contributed by atoms with Gasteiger partial charge >= 0.3 is 0 Å². The summed E-state index contributed by atoms with van der Waals surface area (Å²) in [6.45, 7) is 1.97. The molecule has 2 aliphatic rings. The number of rotatable bonds is 2. The summed E-state index contributed by atoms with van der Waals surface area (Å²) < 4.78 is 0. The van der Waals surface area contributed by atoms with Gasteiger partial charge in [0.2, 0.25) is 5.91 Å². The topological polar surface area (TPSA) is 32.3 Å². The normalized spacial score (nSPS) is 26.1. The number of nitrogens with one attached hydrogen (secondary N) is 1. The van der Waals surface area contributed by atoms with Crippen molar-refractivity contribution in [3.05, 3.63) is 0 Å². The number of carbonyl (C=O) groups excluding carboxylic acids is 1. The molecule has 2 rings (SSSR count). The van der Waals surface area contributed by atoms with Crippen molar-refractivity contribution in [2.75, 3.05) is 20.1 Å². The van der Waals surface area contributed by atoms with Gasteiger partial charge in [-0.3, -0.25) is 4.79 Å². The number of piperidine rings is 1. The lowest BCUT2D eigenvalue weighted by atomic mass is 9.92. The van der Waals surface area contributed by atoms with E-state index in [4.69, 9.17) is 0 Å². The monoisotopic (exact) mass is 260 g/mol. The van der Waals surface area contributed by atoms with Gasteiger partial charge in [0.1, 0.15) is 0 Å². The summed E-state index contributed by atoms with van der Waals surface area (Å²) in [6.07, 6.45) is 8.59. The summed E-state index contributed by atoms with van der Waals surface area (Å²) in [5.74, 6) is 0.611. The van der Waals surface area contributed by atoms with Gasteiger partial charge in [-0.15, -0.1) is 12.4 Å². The fraction of sp³-hybridized carbons (Fsp3) is 0.923. The first-order valence-electron chi connectivity index (χ1n) is 6.76. The van der Waals surface area contributed by atoms with E-state index in [0.29, 0.717) is 11.9 Å². The lowest BCUT2D eigenvalue weighted by Gasteiger charge is -2.34. The smallest absolute Gasteiger partial charge is 0.226 e. The maximum atomic E-state index is 12.3. The molecule has 17 heavy (non-hydrogen) atoms. The summed E-state index contributed by atoms with van der Waals surface area (Å²) in [7, 11) is 2.01. The molecule has 4 heteroatoms. The van der Waals surface area contributed by atoms with Crippen molar-refractivity contribution in [2.24, 2.45) is 5.92 Å². The first kappa shape index (κ1) is 14.8. The van der Waals surface area contributed by atoms with Crippen LogP contribution in [-0.4, -0.2) is 37.0 Å². The molecule has 1 N–H and O–H groups in total. The van der Waals surface area contributed by atoms with Gasteiger partial charge in [-0.1, -0.05) is 19.3 Å². The van der Waals surface area contributed by atoms with Gasteiger partial charge < -0.3 is 10.2 Å². The molecule has 2 fully saturated rings. The van der Waals surface area contributed by atoms with Crippen LogP contribution in [0, 0.1) is 5.92 Å². The summed E-state index contributed by atoms with van der Waals surface area (Å²) >= 11 is 0. The molecule has 0 bridgehead atoms. The van der Waals surface area contributed by atoms with Crippen molar-refractivity contribution >= 4 is 18.3 Å². The highest BCUT2D eigenvalue weighted by atomic mass is 35.5. The molecule has 0 unspecified atom stereocenters. The fourth-order valence-corrected chi connectivity index (χ4v) is 3.00. The van der Waals surface area contributed by atoms with Gasteiger partial charge in [0, 0.05) is 19.6 Å². The standard InChI is InChI=1S/C13H24N2O.ClH/c1-15(12-7-3-2-4-8-12)13(16)11-6-5-9-14-10-11;/h11-12,14H,2-10H2,1H3;1H/t11-;/m1./s1. The minimum absolute atomic E-state index is 0. The Labute approximate surface area is 111 Å². The summed E-state index contributed by atoms with van der Waals surface area (Å²) in [6, 6.07) is 0.517. The van der Waals surface area contributed by atoms with Crippen LogP contribution < -0.4 is 5.32 Å². The van der Waals surface area contributed by atoms with E-state index in [1.54, 1.807) is 0 Å². The first-order valence-corrected chi connectivity index (χ1v) is 6.76. The van der Waals surface area contributed by atoms with E-state index in [-0.39, 0.29) is 18.3 Å². The second-order valence-corrected chi connectivity index (χ2v) is 5.28. The lowest BCUT2D eigenvalue weighted by Crippen LogP contribution is -2.46. The molecular formula is C13H25ClN2O. The third-order valence-corrected chi connectivity index (χ3v) is 4.12. The maximum Gasteiger partial charge on any atom is 0.226 e. The molecule has 1 heterocycles. The average Bonchev–Trinajstić information content (AvgIpc) is 2.39. The molecule has 3 nitrogen and oxygen atoms in total. The number of amides is 1. The van der Waals surface area contributed by atoms with Crippen LogP contribution in [0.4, 0.5) is 0 Å². The molecule has 0 aromatic carbocycles. The number of hydrogen-bond acceptors (Lipinski definition) is 2. The zero-order chi connectivity index (χ0) is 11.4. The largest absolute Gasteiger partial charge is 0.342 e. The Morgan fingerprint density at radius 1 is 1.12 bits per heavy atom. The minimum Gasteiger partial charge on any atom is -0.342 e. The van der Waals surface area contributed by atoms with E-state index in [0.717, 1.165) is 25.9 Å². The minimum atomic E-state index is 0. The number of carbonyl (C=O) groups is 1. The Kier molecular flexibility index (Phi) is 6.28. The molecule has 1 aliphatic carbocycles. The highest BCUT2D eigenvalue weighted by molar-refractivity contribution is 5.85. The van der Waals surface area contributed by atoms with Crippen LogP contribution in [0.3, 0.4) is 0 Å². The van der Waals surface area contributed by atoms with Crippen molar-refractivity contribution in [3.8, 4) is 0 Å². The average molecular weight is 261 g/mol. The summed E-state index contributed by atoms with van der Waals surface area (Å²) in [5, 5.41) is 3.33. The predicted molar refractivity (Wildman–Crippen MR) is 72.5 cm³/mol. The zero-order valence-electron chi connectivity index (χ0n) is 10.8. The van der Waals surface area contributed by atoms with E-state index in [9.17, 15) is 4.79 Å². The zero-order valence-corrected chi connectivity index (χ0v) is 11.6. The number of halogens is 1. The molecule has 100 valence electrons. The Morgan fingerprint density at radius 2 is 1.82 bits per heavy atom. The maximum absolute atomic E-state index is 12.3. The van der Waals surface area contributed by atoms with Crippen LogP contribution in [0.25, 0.3) is 0 Å². The SMILES string of the molecule is CN(C(=O)[C@@H]1CCCNC1)C1CCCCC1.Cl. The van der Waals surface area contributed by atoms with Gasteiger partial charge in [-0.2, -0.15) is 0 Å². The highest BCUT2D eigenvalue weighted by Crippen LogP contribution is 2.24. The third-order valence-electron chi connectivity index (χ3n) is 4.12. The van der Waals surface area contributed by atoms with Crippen LogP contribution >= 0.6 is 12.4 Å².